The Hall–Kier alpha value is -2.01. The van der Waals surface area contributed by atoms with Crippen molar-refractivity contribution in [1.29, 1.82) is 0 Å². The SMILES string of the molecule is Cc1ccc(-c2ccc(O[C@@H]3C4CCN(CC4)[C@H]3C)nn2)cc1F. The number of hydrogen-bond acceptors (Lipinski definition) is 4. The molecule has 2 atom stereocenters. The van der Waals surface area contributed by atoms with E-state index in [0.29, 0.717) is 29.1 Å². The molecule has 2 bridgehead atoms. The zero-order chi connectivity index (χ0) is 16.7. The van der Waals surface area contributed by atoms with Gasteiger partial charge in [-0.25, -0.2) is 4.39 Å². The first kappa shape index (κ1) is 15.5. The van der Waals surface area contributed by atoms with E-state index in [-0.39, 0.29) is 11.9 Å². The smallest absolute Gasteiger partial charge is 0.233 e. The molecule has 3 aliphatic rings. The van der Waals surface area contributed by atoms with Crippen LogP contribution >= 0.6 is 0 Å². The van der Waals surface area contributed by atoms with Gasteiger partial charge in [0.1, 0.15) is 11.9 Å². The van der Waals surface area contributed by atoms with Crippen molar-refractivity contribution in [2.24, 2.45) is 5.92 Å². The number of aromatic nitrogens is 2. The maximum Gasteiger partial charge on any atom is 0.233 e. The van der Waals surface area contributed by atoms with Crippen molar-refractivity contribution < 1.29 is 9.13 Å². The van der Waals surface area contributed by atoms with Crippen molar-refractivity contribution in [3.63, 3.8) is 0 Å². The van der Waals surface area contributed by atoms with Gasteiger partial charge in [0.05, 0.1) is 5.69 Å². The highest BCUT2D eigenvalue weighted by Gasteiger charge is 2.41. The Morgan fingerprint density at radius 2 is 1.92 bits per heavy atom. The van der Waals surface area contributed by atoms with Crippen LogP contribution in [-0.2, 0) is 0 Å². The van der Waals surface area contributed by atoms with Gasteiger partial charge in [0.25, 0.3) is 0 Å². The molecule has 0 radical (unpaired) electrons. The lowest BCUT2D eigenvalue weighted by molar-refractivity contribution is -0.0528. The van der Waals surface area contributed by atoms with Gasteiger partial charge in [0.2, 0.25) is 5.88 Å². The summed E-state index contributed by atoms with van der Waals surface area (Å²) in [5.74, 6) is 0.935. The standard InChI is InChI=1S/C19H22FN3O/c1-12-3-4-15(11-16(12)20)17-5-6-18(22-21-17)24-19-13(2)23-9-7-14(19)8-10-23/h3-6,11,13-14,19H,7-10H2,1-2H3/t13-,19-/m0/s1. The second-order valence-corrected chi connectivity index (χ2v) is 6.92. The van der Waals surface area contributed by atoms with E-state index in [2.05, 4.69) is 22.0 Å². The van der Waals surface area contributed by atoms with E-state index >= 15 is 0 Å². The molecule has 4 heterocycles. The van der Waals surface area contributed by atoms with Crippen LogP contribution in [0.2, 0.25) is 0 Å². The summed E-state index contributed by atoms with van der Waals surface area (Å²) in [7, 11) is 0. The first-order chi connectivity index (χ1) is 11.6. The first-order valence-electron chi connectivity index (χ1n) is 8.63. The van der Waals surface area contributed by atoms with Crippen LogP contribution in [-0.4, -0.2) is 40.3 Å². The summed E-state index contributed by atoms with van der Waals surface area (Å²) in [5.41, 5.74) is 2.01. The van der Waals surface area contributed by atoms with Crippen molar-refractivity contribution in [2.75, 3.05) is 13.1 Å². The quantitative estimate of drug-likeness (QED) is 0.865. The molecule has 3 saturated heterocycles. The van der Waals surface area contributed by atoms with Crippen molar-refractivity contribution in [3.05, 3.63) is 41.7 Å². The third-order valence-electron chi connectivity index (χ3n) is 5.45. The van der Waals surface area contributed by atoms with Crippen LogP contribution in [0.25, 0.3) is 11.3 Å². The van der Waals surface area contributed by atoms with Gasteiger partial charge >= 0.3 is 0 Å². The van der Waals surface area contributed by atoms with Crippen LogP contribution in [0.15, 0.2) is 30.3 Å². The highest BCUT2D eigenvalue weighted by molar-refractivity contribution is 5.59. The number of aryl methyl sites for hydroxylation is 1. The highest BCUT2D eigenvalue weighted by atomic mass is 19.1. The molecule has 1 aromatic carbocycles. The van der Waals surface area contributed by atoms with Crippen molar-refractivity contribution in [3.8, 4) is 17.1 Å². The minimum Gasteiger partial charge on any atom is -0.471 e. The number of ether oxygens (including phenoxy) is 1. The average Bonchev–Trinajstić information content (AvgIpc) is 2.61. The lowest BCUT2D eigenvalue weighted by atomic mass is 9.81. The summed E-state index contributed by atoms with van der Waals surface area (Å²) >= 11 is 0. The molecule has 5 rings (SSSR count). The molecule has 126 valence electrons. The summed E-state index contributed by atoms with van der Waals surface area (Å²) in [4.78, 5) is 2.49. The average molecular weight is 327 g/mol. The Morgan fingerprint density at radius 1 is 1.12 bits per heavy atom. The summed E-state index contributed by atoms with van der Waals surface area (Å²) in [6.07, 6.45) is 2.58. The van der Waals surface area contributed by atoms with Crippen LogP contribution in [0.1, 0.15) is 25.3 Å². The largest absolute Gasteiger partial charge is 0.471 e. The predicted molar refractivity (Wildman–Crippen MR) is 90.3 cm³/mol. The number of hydrogen-bond donors (Lipinski definition) is 0. The molecule has 0 spiro atoms. The summed E-state index contributed by atoms with van der Waals surface area (Å²) in [6.45, 7) is 6.33. The number of piperidine rings is 3. The zero-order valence-corrected chi connectivity index (χ0v) is 14.1. The Bertz CT molecular complexity index is 724. The lowest BCUT2D eigenvalue weighted by Gasteiger charge is -2.48. The number of nitrogens with zero attached hydrogens (tertiary/aromatic N) is 3. The minimum atomic E-state index is -0.226. The fraction of sp³-hybridized carbons (Fsp3) is 0.474. The summed E-state index contributed by atoms with van der Waals surface area (Å²) in [6, 6.07) is 9.22. The molecule has 1 aromatic heterocycles. The number of rotatable bonds is 3. The zero-order valence-electron chi connectivity index (χ0n) is 14.1. The second-order valence-electron chi connectivity index (χ2n) is 6.92. The minimum absolute atomic E-state index is 0.185. The monoisotopic (exact) mass is 327 g/mol. The topological polar surface area (TPSA) is 38.2 Å². The van der Waals surface area contributed by atoms with Gasteiger partial charge in [-0.15, -0.1) is 10.2 Å². The van der Waals surface area contributed by atoms with E-state index in [1.807, 2.05) is 18.2 Å². The summed E-state index contributed by atoms with van der Waals surface area (Å²) in [5, 5.41) is 8.42. The van der Waals surface area contributed by atoms with Crippen LogP contribution in [0.4, 0.5) is 4.39 Å². The van der Waals surface area contributed by atoms with Crippen LogP contribution in [0.3, 0.4) is 0 Å². The van der Waals surface area contributed by atoms with Crippen LogP contribution in [0, 0.1) is 18.7 Å². The molecule has 0 unspecified atom stereocenters. The molecule has 0 amide bonds. The van der Waals surface area contributed by atoms with Gasteiger partial charge in [0, 0.05) is 17.7 Å². The summed E-state index contributed by atoms with van der Waals surface area (Å²) < 4.78 is 19.9. The molecule has 0 N–H and O–H groups in total. The van der Waals surface area contributed by atoms with E-state index in [0.717, 1.165) is 5.56 Å². The predicted octanol–water partition coefficient (Wildman–Crippen LogP) is 3.45. The third-order valence-corrected chi connectivity index (χ3v) is 5.45. The van der Waals surface area contributed by atoms with Crippen LogP contribution < -0.4 is 4.74 Å². The maximum atomic E-state index is 13.7. The molecule has 0 aliphatic carbocycles. The van der Waals surface area contributed by atoms with Crippen molar-refractivity contribution >= 4 is 0 Å². The van der Waals surface area contributed by atoms with Gasteiger partial charge in [0.15, 0.2) is 0 Å². The van der Waals surface area contributed by atoms with Gasteiger partial charge in [-0.3, -0.25) is 4.90 Å². The molecule has 4 nitrogen and oxygen atoms in total. The Labute approximate surface area is 141 Å². The van der Waals surface area contributed by atoms with Crippen LogP contribution in [0.5, 0.6) is 5.88 Å². The Kier molecular flexibility index (Phi) is 3.96. The second kappa shape index (κ2) is 6.13. The molecular formula is C19H22FN3O. The van der Waals surface area contributed by atoms with E-state index in [9.17, 15) is 4.39 Å². The van der Waals surface area contributed by atoms with E-state index in [4.69, 9.17) is 4.74 Å². The molecule has 24 heavy (non-hydrogen) atoms. The molecule has 3 fully saturated rings. The fourth-order valence-electron chi connectivity index (χ4n) is 3.88. The highest BCUT2D eigenvalue weighted by Crippen LogP contribution is 2.34. The number of fused-ring (bicyclic) bond motifs is 3. The lowest BCUT2D eigenvalue weighted by Crippen LogP contribution is -2.58. The van der Waals surface area contributed by atoms with E-state index in [1.165, 1.54) is 32.0 Å². The first-order valence-corrected chi connectivity index (χ1v) is 8.63. The molecule has 2 aromatic rings. The number of benzene rings is 1. The maximum absolute atomic E-state index is 13.7. The third kappa shape index (κ3) is 2.77. The molecular weight excluding hydrogens is 305 g/mol. The molecule has 3 aliphatic heterocycles. The van der Waals surface area contributed by atoms with E-state index in [1.54, 1.807) is 13.0 Å². The van der Waals surface area contributed by atoms with Gasteiger partial charge < -0.3 is 4.74 Å². The molecule has 0 saturated carbocycles. The van der Waals surface area contributed by atoms with Crippen molar-refractivity contribution in [2.45, 2.75) is 38.8 Å². The van der Waals surface area contributed by atoms with E-state index < -0.39 is 0 Å². The Morgan fingerprint density at radius 3 is 2.54 bits per heavy atom. The van der Waals surface area contributed by atoms with Gasteiger partial charge in [-0.2, -0.15) is 0 Å². The van der Waals surface area contributed by atoms with Crippen molar-refractivity contribution in [1.82, 2.24) is 15.1 Å². The Balaban J connectivity index is 1.50. The fourth-order valence-corrected chi connectivity index (χ4v) is 3.88. The normalized spacial score (nSPS) is 28.8. The molecule has 5 heteroatoms. The van der Waals surface area contributed by atoms with Gasteiger partial charge in [-0.05, 0) is 63.4 Å². The number of halogens is 1. The van der Waals surface area contributed by atoms with Gasteiger partial charge in [-0.1, -0.05) is 12.1 Å².